The van der Waals surface area contributed by atoms with E-state index in [0.29, 0.717) is 34.4 Å². The Morgan fingerprint density at radius 3 is 2.96 bits per heavy atom. The number of nitrogens with zero attached hydrogens (tertiary/aromatic N) is 2. The smallest absolute Gasteiger partial charge is 0.280 e. The number of carbonyl (C=O) groups excluding carboxylic acids is 1. The molecule has 0 aromatic heterocycles. The molecule has 0 spiro atoms. The third kappa shape index (κ3) is 4.08. The summed E-state index contributed by atoms with van der Waals surface area (Å²) < 4.78 is 11.2. The van der Waals surface area contributed by atoms with E-state index in [1.807, 2.05) is 6.07 Å². The van der Waals surface area contributed by atoms with Gasteiger partial charge in [-0.2, -0.15) is 5.26 Å². The number of hydrogen-bond acceptors (Lipinski definition) is 5. The predicted molar refractivity (Wildman–Crippen MR) is 92.5 cm³/mol. The Labute approximate surface area is 149 Å². The zero-order chi connectivity index (χ0) is 17.8. The number of nitrogens with one attached hydrogen (secondary N) is 1. The highest BCUT2D eigenvalue weighted by Crippen LogP contribution is 2.31. The zero-order valence-corrected chi connectivity index (χ0v) is 14.1. The van der Waals surface area contributed by atoms with E-state index in [-0.39, 0.29) is 5.91 Å². The van der Waals surface area contributed by atoms with Crippen molar-refractivity contribution in [1.82, 2.24) is 5.43 Å². The Bertz CT molecular complexity index is 889. The molecule has 1 unspecified atom stereocenters. The second-order valence-corrected chi connectivity index (χ2v) is 5.83. The van der Waals surface area contributed by atoms with Gasteiger partial charge in [-0.25, -0.2) is 5.43 Å². The van der Waals surface area contributed by atoms with Crippen molar-refractivity contribution in [3.8, 4) is 17.6 Å². The molecule has 0 radical (unpaired) electrons. The van der Waals surface area contributed by atoms with Crippen molar-refractivity contribution in [2.24, 2.45) is 5.10 Å². The fraction of sp³-hybridized carbons (Fsp3) is 0.167. The average Bonchev–Trinajstić information content (AvgIpc) is 2.61. The predicted octanol–water partition coefficient (Wildman–Crippen LogP) is 3.39. The normalized spacial score (nSPS) is 16.3. The van der Waals surface area contributed by atoms with Crippen molar-refractivity contribution in [2.45, 2.75) is 19.4 Å². The second-order valence-electron chi connectivity index (χ2n) is 5.42. The lowest BCUT2D eigenvalue weighted by atomic mass is 10.1. The largest absolute Gasteiger partial charge is 0.466 e. The summed E-state index contributed by atoms with van der Waals surface area (Å²) >= 11 is 6.20. The first kappa shape index (κ1) is 16.8. The van der Waals surface area contributed by atoms with Crippen LogP contribution in [0.2, 0.25) is 5.02 Å². The molecule has 0 fully saturated rings. The summed E-state index contributed by atoms with van der Waals surface area (Å²) in [6.45, 7) is 1.66. The molecule has 0 saturated carbocycles. The van der Waals surface area contributed by atoms with E-state index in [2.05, 4.69) is 16.6 Å². The maximum absolute atomic E-state index is 11.3. The Balaban J connectivity index is 1.79. The van der Waals surface area contributed by atoms with Crippen LogP contribution in [0.5, 0.6) is 11.5 Å². The molecular weight excluding hydrogens is 342 g/mol. The number of rotatable bonds is 4. The van der Waals surface area contributed by atoms with E-state index in [1.165, 1.54) is 0 Å². The highest BCUT2D eigenvalue weighted by atomic mass is 35.5. The Morgan fingerprint density at radius 1 is 1.36 bits per heavy atom. The minimum absolute atomic E-state index is 0.277. The fourth-order valence-corrected chi connectivity index (χ4v) is 2.40. The number of hydrazone groups is 1. The van der Waals surface area contributed by atoms with Crippen LogP contribution in [0.25, 0.3) is 0 Å². The van der Waals surface area contributed by atoms with Crippen LogP contribution in [0.4, 0.5) is 0 Å². The van der Waals surface area contributed by atoms with E-state index in [4.69, 9.17) is 26.3 Å². The lowest BCUT2D eigenvalue weighted by Gasteiger charge is -2.19. The number of amides is 1. The van der Waals surface area contributed by atoms with Crippen LogP contribution in [0, 0.1) is 11.3 Å². The van der Waals surface area contributed by atoms with Gasteiger partial charge in [-0.15, -0.1) is 5.10 Å². The van der Waals surface area contributed by atoms with Crippen LogP contribution < -0.4 is 10.2 Å². The Kier molecular flexibility index (Phi) is 4.87. The monoisotopic (exact) mass is 355 g/mol. The van der Waals surface area contributed by atoms with Gasteiger partial charge in [-0.05, 0) is 42.8 Å². The summed E-state index contributed by atoms with van der Waals surface area (Å²) in [5, 5.41) is 13.3. The third-order valence-electron chi connectivity index (χ3n) is 3.51. The van der Waals surface area contributed by atoms with Gasteiger partial charge in [-0.1, -0.05) is 23.7 Å². The van der Waals surface area contributed by atoms with Crippen LogP contribution in [-0.2, 0) is 16.0 Å². The summed E-state index contributed by atoms with van der Waals surface area (Å²) in [5.41, 5.74) is 3.78. The first-order valence-electron chi connectivity index (χ1n) is 7.54. The third-order valence-corrected chi connectivity index (χ3v) is 3.83. The van der Waals surface area contributed by atoms with E-state index in [0.717, 1.165) is 5.56 Å². The minimum atomic E-state index is -0.579. The standard InChI is InChI=1S/C18H14ClN3O3/c1-11-18(23)22-21-17(24-11)9-12-5-6-15(19)16(8-12)25-14-4-2-3-13(7-14)10-20/h2-8,11H,9H2,1H3,(H,22,23). The highest BCUT2D eigenvalue weighted by Gasteiger charge is 2.21. The number of nitriles is 1. The lowest BCUT2D eigenvalue weighted by Crippen LogP contribution is -2.39. The van der Waals surface area contributed by atoms with Crippen LogP contribution in [0.1, 0.15) is 18.1 Å². The molecule has 7 heteroatoms. The van der Waals surface area contributed by atoms with Crippen LogP contribution in [0.3, 0.4) is 0 Å². The van der Waals surface area contributed by atoms with Gasteiger partial charge in [0.05, 0.1) is 23.1 Å². The van der Waals surface area contributed by atoms with Gasteiger partial charge in [0, 0.05) is 0 Å². The van der Waals surface area contributed by atoms with Crippen LogP contribution >= 0.6 is 11.6 Å². The number of hydrogen-bond donors (Lipinski definition) is 1. The number of carbonyl (C=O) groups is 1. The summed E-state index contributed by atoms with van der Waals surface area (Å²) in [4.78, 5) is 11.3. The maximum atomic E-state index is 11.3. The molecule has 1 amide bonds. The average molecular weight is 356 g/mol. The fourth-order valence-electron chi connectivity index (χ4n) is 2.24. The van der Waals surface area contributed by atoms with Gasteiger partial charge in [0.15, 0.2) is 6.10 Å². The van der Waals surface area contributed by atoms with E-state index < -0.39 is 6.10 Å². The van der Waals surface area contributed by atoms with Crippen LogP contribution in [-0.4, -0.2) is 17.9 Å². The zero-order valence-electron chi connectivity index (χ0n) is 13.3. The molecule has 126 valence electrons. The molecule has 0 aliphatic carbocycles. The molecule has 1 aliphatic heterocycles. The quantitative estimate of drug-likeness (QED) is 0.911. The first-order valence-corrected chi connectivity index (χ1v) is 7.92. The van der Waals surface area contributed by atoms with Gasteiger partial charge in [0.1, 0.15) is 11.5 Å². The van der Waals surface area contributed by atoms with Gasteiger partial charge in [0.25, 0.3) is 5.91 Å². The molecule has 1 aliphatic rings. The van der Waals surface area contributed by atoms with Gasteiger partial charge >= 0.3 is 0 Å². The Hall–Kier alpha value is -3.04. The van der Waals surface area contributed by atoms with Gasteiger partial charge in [0.2, 0.25) is 5.90 Å². The SMILES string of the molecule is CC1OC(Cc2ccc(Cl)c(Oc3cccc(C#N)c3)c2)=NNC1=O. The highest BCUT2D eigenvalue weighted by molar-refractivity contribution is 6.32. The van der Waals surface area contributed by atoms with Crippen molar-refractivity contribution >= 4 is 23.4 Å². The molecule has 2 aromatic rings. The molecule has 1 heterocycles. The van der Waals surface area contributed by atoms with Crippen molar-refractivity contribution in [3.05, 3.63) is 58.6 Å². The minimum Gasteiger partial charge on any atom is -0.466 e. The van der Waals surface area contributed by atoms with Crippen molar-refractivity contribution in [1.29, 1.82) is 5.26 Å². The van der Waals surface area contributed by atoms with Crippen LogP contribution in [0.15, 0.2) is 47.6 Å². The summed E-state index contributed by atoms with van der Waals surface area (Å²) in [7, 11) is 0. The first-order chi connectivity index (χ1) is 12.0. The molecule has 1 atom stereocenters. The summed E-state index contributed by atoms with van der Waals surface area (Å²) in [5.74, 6) is 1.11. The van der Waals surface area contributed by atoms with E-state index in [1.54, 1.807) is 43.3 Å². The number of halogens is 1. The molecule has 3 rings (SSSR count). The molecular formula is C18H14ClN3O3. The topological polar surface area (TPSA) is 83.7 Å². The Morgan fingerprint density at radius 2 is 2.20 bits per heavy atom. The maximum Gasteiger partial charge on any atom is 0.280 e. The molecule has 2 aromatic carbocycles. The summed E-state index contributed by atoms with van der Waals surface area (Å²) in [6, 6.07) is 14.2. The summed E-state index contributed by atoms with van der Waals surface area (Å²) in [6.07, 6.45) is -0.194. The van der Waals surface area contributed by atoms with Crippen molar-refractivity contribution in [2.75, 3.05) is 0 Å². The van der Waals surface area contributed by atoms with Crippen molar-refractivity contribution in [3.63, 3.8) is 0 Å². The van der Waals surface area contributed by atoms with Gasteiger partial charge < -0.3 is 9.47 Å². The molecule has 0 saturated heterocycles. The molecule has 0 bridgehead atoms. The molecule has 25 heavy (non-hydrogen) atoms. The van der Waals surface area contributed by atoms with E-state index in [9.17, 15) is 4.79 Å². The number of benzene rings is 2. The second kappa shape index (κ2) is 7.24. The molecule has 1 N–H and O–H groups in total. The number of ether oxygens (including phenoxy) is 2. The lowest BCUT2D eigenvalue weighted by molar-refractivity contribution is -0.129. The molecule has 6 nitrogen and oxygen atoms in total. The van der Waals surface area contributed by atoms with Crippen molar-refractivity contribution < 1.29 is 14.3 Å². The van der Waals surface area contributed by atoms with Gasteiger partial charge in [-0.3, -0.25) is 4.79 Å². The van der Waals surface area contributed by atoms with E-state index >= 15 is 0 Å².